The van der Waals surface area contributed by atoms with Gasteiger partial charge in [-0.05, 0) is 51.8 Å². The molecule has 1 saturated carbocycles. The van der Waals surface area contributed by atoms with Crippen molar-refractivity contribution in [3.63, 3.8) is 0 Å². The summed E-state index contributed by atoms with van der Waals surface area (Å²) in [5, 5.41) is 6.96. The fourth-order valence-corrected chi connectivity index (χ4v) is 2.70. The number of aryl methyl sites for hydroxylation is 3. The predicted molar refractivity (Wildman–Crippen MR) is 74.7 cm³/mol. The van der Waals surface area contributed by atoms with E-state index in [1.54, 1.807) is 0 Å². The van der Waals surface area contributed by atoms with Gasteiger partial charge in [0.1, 0.15) is 0 Å². The van der Waals surface area contributed by atoms with Gasteiger partial charge >= 0.3 is 0 Å². The van der Waals surface area contributed by atoms with Gasteiger partial charge < -0.3 is 10.6 Å². The number of benzene rings is 1. The molecule has 0 radical (unpaired) electrons. The summed E-state index contributed by atoms with van der Waals surface area (Å²) in [6, 6.07) is 4.51. The minimum Gasteiger partial charge on any atom is -0.384 e. The average Bonchev–Trinajstić information content (AvgIpc) is 2.97. The molecule has 2 heteroatoms. The second-order valence-corrected chi connectivity index (χ2v) is 5.66. The molecule has 17 heavy (non-hydrogen) atoms. The van der Waals surface area contributed by atoms with Crippen LogP contribution in [0.3, 0.4) is 0 Å². The molecule has 0 amide bonds. The van der Waals surface area contributed by atoms with Crippen LogP contribution in [0, 0.1) is 26.2 Å². The van der Waals surface area contributed by atoms with E-state index in [4.69, 9.17) is 0 Å². The van der Waals surface area contributed by atoms with E-state index in [2.05, 4.69) is 43.5 Å². The van der Waals surface area contributed by atoms with Crippen molar-refractivity contribution in [2.45, 2.75) is 33.6 Å². The highest BCUT2D eigenvalue weighted by atomic mass is 14.9. The van der Waals surface area contributed by atoms with Crippen LogP contribution in [0.1, 0.15) is 29.5 Å². The molecule has 1 aliphatic rings. The Kier molecular flexibility index (Phi) is 3.43. The minimum absolute atomic E-state index is 0.512. The van der Waals surface area contributed by atoms with Crippen LogP contribution in [0.5, 0.6) is 0 Å². The molecule has 0 bridgehead atoms. The topological polar surface area (TPSA) is 24.1 Å². The second kappa shape index (κ2) is 4.69. The molecular formula is C15H24N2. The highest BCUT2D eigenvalue weighted by Gasteiger charge is 2.41. The first kappa shape index (κ1) is 12.4. The zero-order chi connectivity index (χ0) is 12.5. The third kappa shape index (κ3) is 2.81. The Balaban J connectivity index is 2.04. The molecule has 0 aliphatic heterocycles. The molecule has 0 heterocycles. The molecule has 2 rings (SSSR count). The molecule has 0 spiro atoms. The first-order chi connectivity index (χ1) is 8.06. The SMILES string of the molecule is CNCC1(CNc2c(C)cc(C)cc2C)CC1. The Morgan fingerprint density at radius 1 is 1.06 bits per heavy atom. The fraction of sp³-hybridized carbons (Fsp3) is 0.600. The van der Waals surface area contributed by atoms with Gasteiger partial charge in [0.2, 0.25) is 0 Å². The zero-order valence-electron chi connectivity index (χ0n) is 11.5. The molecule has 2 N–H and O–H groups in total. The predicted octanol–water partition coefficient (Wildman–Crippen LogP) is 3.02. The van der Waals surface area contributed by atoms with Crippen LogP contribution in [0.4, 0.5) is 5.69 Å². The van der Waals surface area contributed by atoms with Crippen LogP contribution in [-0.4, -0.2) is 20.1 Å². The van der Waals surface area contributed by atoms with Crippen molar-refractivity contribution in [2.75, 3.05) is 25.5 Å². The lowest BCUT2D eigenvalue weighted by atomic mass is 10.0. The van der Waals surface area contributed by atoms with Crippen molar-refractivity contribution in [1.29, 1.82) is 0 Å². The third-order valence-electron chi connectivity index (χ3n) is 3.83. The van der Waals surface area contributed by atoms with E-state index < -0.39 is 0 Å². The highest BCUT2D eigenvalue weighted by Crippen LogP contribution is 2.45. The fourth-order valence-electron chi connectivity index (χ4n) is 2.70. The largest absolute Gasteiger partial charge is 0.384 e. The van der Waals surface area contributed by atoms with Gasteiger partial charge in [0.05, 0.1) is 0 Å². The Hall–Kier alpha value is -1.02. The molecule has 2 nitrogen and oxygen atoms in total. The normalized spacial score (nSPS) is 16.9. The maximum atomic E-state index is 3.66. The van der Waals surface area contributed by atoms with Crippen LogP contribution in [0.15, 0.2) is 12.1 Å². The summed E-state index contributed by atoms with van der Waals surface area (Å²) in [7, 11) is 2.04. The van der Waals surface area contributed by atoms with Gasteiger partial charge in [0.25, 0.3) is 0 Å². The maximum absolute atomic E-state index is 3.66. The average molecular weight is 232 g/mol. The molecule has 0 aromatic heterocycles. The number of hydrogen-bond donors (Lipinski definition) is 2. The molecule has 0 atom stereocenters. The standard InChI is InChI=1S/C15H24N2/c1-11-7-12(2)14(13(3)8-11)17-10-15(5-6-15)9-16-4/h7-8,16-17H,5-6,9-10H2,1-4H3. The van der Waals surface area contributed by atoms with E-state index in [9.17, 15) is 0 Å². The van der Waals surface area contributed by atoms with E-state index in [1.165, 1.54) is 35.2 Å². The number of anilines is 1. The number of nitrogens with one attached hydrogen (secondary N) is 2. The van der Waals surface area contributed by atoms with Gasteiger partial charge in [-0.15, -0.1) is 0 Å². The molecule has 0 unspecified atom stereocenters. The maximum Gasteiger partial charge on any atom is 0.0399 e. The van der Waals surface area contributed by atoms with E-state index in [0.29, 0.717) is 5.41 Å². The summed E-state index contributed by atoms with van der Waals surface area (Å²) in [5.41, 5.74) is 5.92. The van der Waals surface area contributed by atoms with Crippen LogP contribution in [0.2, 0.25) is 0 Å². The summed E-state index contributed by atoms with van der Waals surface area (Å²) < 4.78 is 0. The van der Waals surface area contributed by atoms with Crippen molar-refractivity contribution in [1.82, 2.24) is 5.32 Å². The Morgan fingerprint density at radius 2 is 1.65 bits per heavy atom. The molecule has 1 aliphatic carbocycles. The third-order valence-corrected chi connectivity index (χ3v) is 3.83. The summed E-state index contributed by atoms with van der Waals surface area (Å²) >= 11 is 0. The van der Waals surface area contributed by atoms with Crippen LogP contribution in [0.25, 0.3) is 0 Å². The lowest BCUT2D eigenvalue weighted by molar-refractivity contribution is 0.507. The summed E-state index contributed by atoms with van der Waals surface area (Å²) in [4.78, 5) is 0. The molecule has 0 saturated heterocycles. The van der Waals surface area contributed by atoms with Gasteiger partial charge in [-0.2, -0.15) is 0 Å². The Morgan fingerprint density at radius 3 is 2.12 bits per heavy atom. The van der Waals surface area contributed by atoms with Crippen molar-refractivity contribution >= 4 is 5.69 Å². The lowest BCUT2D eigenvalue weighted by Gasteiger charge is -2.19. The molecule has 94 valence electrons. The van der Waals surface area contributed by atoms with Crippen molar-refractivity contribution in [2.24, 2.45) is 5.41 Å². The van der Waals surface area contributed by atoms with Crippen LogP contribution in [-0.2, 0) is 0 Å². The molecule has 1 fully saturated rings. The van der Waals surface area contributed by atoms with Gasteiger partial charge in [-0.25, -0.2) is 0 Å². The van der Waals surface area contributed by atoms with E-state index in [1.807, 2.05) is 7.05 Å². The lowest BCUT2D eigenvalue weighted by Crippen LogP contribution is -2.27. The smallest absolute Gasteiger partial charge is 0.0399 e. The van der Waals surface area contributed by atoms with Gasteiger partial charge in [0.15, 0.2) is 0 Å². The first-order valence-corrected chi connectivity index (χ1v) is 6.53. The molecule has 1 aromatic carbocycles. The summed E-state index contributed by atoms with van der Waals surface area (Å²) in [6.07, 6.45) is 2.70. The Labute approximate surface area is 105 Å². The van der Waals surface area contributed by atoms with Crippen molar-refractivity contribution in [3.8, 4) is 0 Å². The van der Waals surface area contributed by atoms with E-state index >= 15 is 0 Å². The van der Waals surface area contributed by atoms with Crippen molar-refractivity contribution < 1.29 is 0 Å². The summed E-state index contributed by atoms with van der Waals surface area (Å²) in [6.45, 7) is 8.77. The van der Waals surface area contributed by atoms with E-state index in [-0.39, 0.29) is 0 Å². The quantitative estimate of drug-likeness (QED) is 0.815. The highest BCUT2D eigenvalue weighted by molar-refractivity contribution is 5.58. The number of rotatable bonds is 5. The zero-order valence-corrected chi connectivity index (χ0v) is 11.5. The minimum atomic E-state index is 0.512. The van der Waals surface area contributed by atoms with E-state index in [0.717, 1.165) is 13.1 Å². The van der Waals surface area contributed by atoms with Gasteiger partial charge in [-0.1, -0.05) is 17.7 Å². The monoisotopic (exact) mass is 232 g/mol. The molecule has 1 aromatic rings. The van der Waals surface area contributed by atoms with Crippen molar-refractivity contribution in [3.05, 3.63) is 28.8 Å². The first-order valence-electron chi connectivity index (χ1n) is 6.53. The van der Waals surface area contributed by atoms with Gasteiger partial charge in [0, 0.05) is 24.2 Å². The summed E-state index contributed by atoms with van der Waals surface area (Å²) in [5.74, 6) is 0. The Bertz CT molecular complexity index is 382. The van der Waals surface area contributed by atoms with Crippen LogP contribution >= 0.6 is 0 Å². The molecular weight excluding hydrogens is 208 g/mol. The number of hydrogen-bond acceptors (Lipinski definition) is 2. The van der Waals surface area contributed by atoms with Crippen LogP contribution < -0.4 is 10.6 Å². The van der Waals surface area contributed by atoms with Gasteiger partial charge in [-0.3, -0.25) is 0 Å². The second-order valence-electron chi connectivity index (χ2n) is 5.66.